The van der Waals surface area contributed by atoms with Crippen molar-refractivity contribution in [1.29, 1.82) is 0 Å². The first kappa shape index (κ1) is 19.1. The molecule has 3 heterocycles. The number of nitrogens with one attached hydrogen (secondary N) is 1. The number of hydrogen-bond donors (Lipinski definition) is 2. The van der Waals surface area contributed by atoms with E-state index in [4.69, 9.17) is 5.11 Å². The molecule has 0 radical (unpaired) electrons. The number of amides is 3. The van der Waals surface area contributed by atoms with Crippen LogP contribution in [0.1, 0.15) is 30.0 Å². The van der Waals surface area contributed by atoms with Gasteiger partial charge in [0.2, 0.25) is 5.91 Å². The van der Waals surface area contributed by atoms with Crippen LogP contribution in [0.3, 0.4) is 0 Å². The summed E-state index contributed by atoms with van der Waals surface area (Å²) in [4.78, 5) is 30.4. The van der Waals surface area contributed by atoms with E-state index in [9.17, 15) is 9.59 Å². The molecule has 2 aliphatic rings. The molecule has 2 aliphatic heterocycles. The van der Waals surface area contributed by atoms with Crippen molar-refractivity contribution in [3.63, 3.8) is 0 Å². The predicted octanol–water partition coefficient (Wildman–Crippen LogP) is 2.19. The maximum Gasteiger partial charge on any atom is 0.322 e. The number of aromatic nitrogens is 1. The van der Waals surface area contributed by atoms with E-state index < -0.39 is 0 Å². The fraction of sp³-hybridized carbons (Fsp3) is 0.333. The van der Waals surface area contributed by atoms with Gasteiger partial charge in [-0.15, -0.1) is 0 Å². The summed E-state index contributed by atoms with van der Waals surface area (Å²) in [7, 11) is 0. The van der Waals surface area contributed by atoms with Crippen LogP contribution in [0.4, 0.5) is 10.5 Å². The topological polar surface area (TPSA) is 98.1 Å². The first-order chi connectivity index (χ1) is 14.0. The second-order valence-electron chi connectivity index (χ2n) is 7.34. The van der Waals surface area contributed by atoms with Gasteiger partial charge in [0.15, 0.2) is 0 Å². The van der Waals surface area contributed by atoms with Gasteiger partial charge in [-0.1, -0.05) is 19.1 Å². The third kappa shape index (κ3) is 3.97. The van der Waals surface area contributed by atoms with Gasteiger partial charge in [-0.05, 0) is 34.9 Å². The first-order valence-electron chi connectivity index (χ1n) is 9.63. The van der Waals surface area contributed by atoms with Crippen LogP contribution in [0.25, 0.3) is 0 Å². The summed E-state index contributed by atoms with van der Waals surface area (Å²) in [5.74, 6) is -0.0874. The van der Waals surface area contributed by atoms with Crippen LogP contribution in [-0.4, -0.2) is 50.8 Å². The van der Waals surface area contributed by atoms with Gasteiger partial charge < -0.3 is 15.3 Å². The molecule has 8 heteroatoms. The predicted molar refractivity (Wildman–Crippen MR) is 108 cm³/mol. The lowest BCUT2D eigenvalue weighted by Gasteiger charge is -2.27. The van der Waals surface area contributed by atoms with Gasteiger partial charge in [0.1, 0.15) is 0 Å². The molecule has 4 rings (SSSR count). The molecule has 1 aromatic carbocycles. The normalized spacial score (nSPS) is 18.5. The molecule has 0 bridgehead atoms. The molecule has 0 saturated heterocycles. The molecule has 0 spiro atoms. The second kappa shape index (κ2) is 8.00. The van der Waals surface area contributed by atoms with Crippen molar-refractivity contribution >= 4 is 23.3 Å². The Bertz CT molecular complexity index is 932. The zero-order valence-corrected chi connectivity index (χ0v) is 16.2. The second-order valence-corrected chi connectivity index (χ2v) is 7.34. The number of β-amino-alcohol motifs (C(OH)–C–C–N with tert-alkyl or cyclic N) is 1. The van der Waals surface area contributed by atoms with E-state index in [2.05, 4.69) is 15.4 Å². The third-order valence-electron chi connectivity index (χ3n) is 5.22. The van der Waals surface area contributed by atoms with Gasteiger partial charge in [-0.2, -0.15) is 5.10 Å². The lowest BCUT2D eigenvalue weighted by Crippen LogP contribution is -2.37. The fourth-order valence-corrected chi connectivity index (χ4v) is 3.65. The summed E-state index contributed by atoms with van der Waals surface area (Å²) in [6.45, 7) is 3.15. The van der Waals surface area contributed by atoms with E-state index in [0.29, 0.717) is 25.2 Å². The fourth-order valence-electron chi connectivity index (χ4n) is 3.65. The van der Waals surface area contributed by atoms with Gasteiger partial charge in [-0.25, -0.2) is 9.80 Å². The molecule has 1 aromatic heterocycles. The number of carbonyl (C=O) groups is 2. The van der Waals surface area contributed by atoms with Crippen molar-refractivity contribution in [2.45, 2.75) is 26.4 Å². The van der Waals surface area contributed by atoms with E-state index in [1.807, 2.05) is 37.3 Å². The van der Waals surface area contributed by atoms with Crippen molar-refractivity contribution in [3.8, 4) is 0 Å². The summed E-state index contributed by atoms with van der Waals surface area (Å²) >= 11 is 0. The molecule has 0 saturated carbocycles. The van der Waals surface area contributed by atoms with Gasteiger partial charge in [-0.3, -0.25) is 9.78 Å². The number of hydrazone groups is 1. The van der Waals surface area contributed by atoms with Crippen molar-refractivity contribution in [3.05, 3.63) is 59.4 Å². The Hall–Kier alpha value is -3.26. The number of rotatable bonds is 4. The third-order valence-corrected chi connectivity index (χ3v) is 5.22. The smallest absolute Gasteiger partial charge is 0.322 e. The molecular weight excluding hydrogens is 370 g/mol. The molecule has 0 fully saturated rings. The Morgan fingerprint density at radius 2 is 1.97 bits per heavy atom. The maximum absolute atomic E-state index is 12.6. The number of hydrogen-bond acceptors (Lipinski definition) is 5. The zero-order chi connectivity index (χ0) is 20.4. The Labute approximate surface area is 168 Å². The highest BCUT2D eigenvalue weighted by Crippen LogP contribution is 2.24. The van der Waals surface area contributed by atoms with Crippen molar-refractivity contribution in [1.82, 2.24) is 14.9 Å². The number of fused-ring (bicyclic) bond motifs is 1. The lowest BCUT2D eigenvalue weighted by molar-refractivity contribution is -0.133. The van der Waals surface area contributed by atoms with Gasteiger partial charge in [0, 0.05) is 43.5 Å². The van der Waals surface area contributed by atoms with Gasteiger partial charge in [0.25, 0.3) is 0 Å². The average molecular weight is 393 g/mol. The standard InChI is InChI=1S/C21H23N5O3/c1-14-10-19(28)26(8-9-27)24-20(14)15-2-4-18(5-3-15)23-21(29)25-12-16-6-7-22-11-17(16)13-25/h2-7,11,14,27H,8-10,12-13H2,1H3,(H,23,29). The van der Waals surface area contributed by atoms with Gasteiger partial charge >= 0.3 is 6.03 Å². The van der Waals surface area contributed by atoms with Crippen molar-refractivity contribution in [2.24, 2.45) is 11.0 Å². The summed E-state index contributed by atoms with van der Waals surface area (Å²) in [5.41, 5.74) is 4.59. The molecule has 3 amide bonds. The molecule has 0 aliphatic carbocycles. The minimum atomic E-state index is -0.156. The minimum absolute atomic E-state index is 0.00500. The highest BCUT2D eigenvalue weighted by atomic mass is 16.3. The Morgan fingerprint density at radius 1 is 1.21 bits per heavy atom. The Balaban J connectivity index is 1.44. The van der Waals surface area contributed by atoms with Crippen LogP contribution >= 0.6 is 0 Å². The summed E-state index contributed by atoms with van der Waals surface area (Å²) < 4.78 is 0. The van der Waals surface area contributed by atoms with E-state index in [0.717, 1.165) is 22.4 Å². The van der Waals surface area contributed by atoms with E-state index in [1.165, 1.54) is 5.01 Å². The number of aliphatic hydroxyl groups excluding tert-OH is 1. The molecule has 1 atom stereocenters. The van der Waals surface area contributed by atoms with Crippen LogP contribution in [0.2, 0.25) is 0 Å². The molecule has 2 N–H and O–H groups in total. The minimum Gasteiger partial charge on any atom is -0.394 e. The number of urea groups is 1. The number of pyridine rings is 1. The van der Waals surface area contributed by atoms with E-state index in [1.54, 1.807) is 17.3 Å². The summed E-state index contributed by atoms with van der Waals surface area (Å²) in [6.07, 6.45) is 3.90. The van der Waals surface area contributed by atoms with Crippen LogP contribution in [0.5, 0.6) is 0 Å². The largest absolute Gasteiger partial charge is 0.394 e. The average Bonchev–Trinajstić information content (AvgIpc) is 3.15. The highest BCUT2D eigenvalue weighted by Gasteiger charge is 2.27. The molecular formula is C21H23N5O3. The number of carbonyl (C=O) groups excluding carboxylic acids is 2. The van der Waals surface area contributed by atoms with Crippen LogP contribution in [0.15, 0.2) is 47.8 Å². The monoisotopic (exact) mass is 393 g/mol. The van der Waals surface area contributed by atoms with Crippen molar-refractivity contribution < 1.29 is 14.7 Å². The quantitative estimate of drug-likeness (QED) is 0.832. The van der Waals surface area contributed by atoms with Crippen LogP contribution in [-0.2, 0) is 17.9 Å². The Morgan fingerprint density at radius 3 is 2.69 bits per heavy atom. The summed E-state index contributed by atoms with van der Waals surface area (Å²) in [6, 6.07) is 9.23. The molecule has 8 nitrogen and oxygen atoms in total. The first-order valence-corrected chi connectivity index (χ1v) is 9.63. The lowest BCUT2D eigenvalue weighted by atomic mass is 9.93. The Kier molecular flexibility index (Phi) is 5.26. The van der Waals surface area contributed by atoms with Crippen molar-refractivity contribution in [2.75, 3.05) is 18.5 Å². The number of nitrogens with zero attached hydrogens (tertiary/aromatic N) is 4. The van der Waals surface area contributed by atoms with Crippen LogP contribution < -0.4 is 5.32 Å². The number of anilines is 1. The molecule has 150 valence electrons. The SMILES string of the molecule is CC1CC(=O)N(CCO)N=C1c1ccc(NC(=O)N2Cc3ccncc3C2)cc1. The van der Waals surface area contributed by atoms with E-state index >= 15 is 0 Å². The highest BCUT2D eigenvalue weighted by molar-refractivity contribution is 6.06. The number of aliphatic hydroxyl groups is 1. The molecule has 29 heavy (non-hydrogen) atoms. The zero-order valence-electron chi connectivity index (χ0n) is 16.2. The number of benzene rings is 1. The van der Waals surface area contributed by atoms with E-state index in [-0.39, 0.29) is 31.0 Å². The summed E-state index contributed by atoms with van der Waals surface area (Å²) in [5, 5.41) is 17.8. The maximum atomic E-state index is 12.6. The van der Waals surface area contributed by atoms with Crippen LogP contribution in [0, 0.1) is 5.92 Å². The molecule has 2 aromatic rings. The van der Waals surface area contributed by atoms with Gasteiger partial charge in [0.05, 0.1) is 18.9 Å². The molecule has 1 unspecified atom stereocenters.